The molecular formula is C18H16N4O2. The molecule has 0 radical (unpaired) electrons. The largest absolute Gasteiger partial charge is 0.480 e. The van der Waals surface area contributed by atoms with E-state index in [2.05, 4.69) is 16.1 Å². The first-order chi connectivity index (χ1) is 11.7. The zero-order chi connectivity index (χ0) is 16.5. The molecule has 0 saturated heterocycles. The fourth-order valence-electron chi connectivity index (χ4n) is 3.03. The number of benzene rings is 2. The summed E-state index contributed by atoms with van der Waals surface area (Å²) in [5.74, 6) is 0.169. The highest BCUT2D eigenvalue weighted by Gasteiger charge is 2.25. The highest BCUT2D eigenvalue weighted by atomic mass is 16.4. The molecule has 0 spiro atoms. The van der Waals surface area contributed by atoms with Crippen molar-refractivity contribution >= 4 is 17.6 Å². The van der Waals surface area contributed by atoms with Crippen LogP contribution in [0.25, 0.3) is 11.4 Å². The van der Waals surface area contributed by atoms with Crippen molar-refractivity contribution in [1.82, 2.24) is 14.8 Å². The van der Waals surface area contributed by atoms with Gasteiger partial charge in [-0.1, -0.05) is 48.5 Å². The van der Waals surface area contributed by atoms with E-state index in [1.807, 2.05) is 53.4 Å². The fraction of sp³-hybridized carbons (Fsp3) is 0.167. The Morgan fingerprint density at radius 2 is 1.83 bits per heavy atom. The second-order valence-electron chi connectivity index (χ2n) is 5.68. The smallest absolute Gasteiger partial charge is 0.325 e. The molecule has 2 aromatic carbocycles. The molecule has 120 valence electrons. The summed E-state index contributed by atoms with van der Waals surface area (Å²) in [5.41, 5.74) is 3.20. The van der Waals surface area contributed by atoms with Gasteiger partial charge in [0.2, 0.25) is 5.95 Å². The van der Waals surface area contributed by atoms with E-state index in [4.69, 9.17) is 5.11 Å². The average molecular weight is 320 g/mol. The van der Waals surface area contributed by atoms with Gasteiger partial charge in [0.1, 0.15) is 6.54 Å². The lowest BCUT2D eigenvalue weighted by Crippen LogP contribution is -2.16. The predicted octanol–water partition coefficient (Wildman–Crippen LogP) is 2.72. The van der Waals surface area contributed by atoms with Crippen molar-refractivity contribution in [2.45, 2.75) is 13.0 Å². The molecule has 1 aliphatic heterocycles. The van der Waals surface area contributed by atoms with Gasteiger partial charge in [-0.05, 0) is 18.1 Å². The molecular weight excluding hydrogens is 304 g/mol. The van der Waals surface area contributed by atoms with Crippen LogP contribution in [0.4, 0.5) is 11.6 Å². The summed E-state index contributed by atoms with van der Waals surface area (Å²) in [7, 11) is 0. The summed E-state index contributed by atoms with van der Waals surface area (Å²) in [5, 5.41) is 13.6. The SMILES string of the molecule is O=C(O)Cn1nc(N2CCc3ccccc32)nc1-c1ccccc1. The molecule has 6 heteroatoms. The van der Waals surface area contributed by atoms with Crippen LogP contribution in [0.5, 0.6) is 0 Å². The normalized spacial score (nSPS) is 13.1. The van der Waals surface area contributed by atoms with Crippen molar-refractivity contribution < 1.29 is 9.90 Å². The van der Waals surface area contributed by atoms with Gasteiger partial charge in [0, 0.05) is 17.8 Å². The summed E-state index contributed by atoms with van der Waals surface area (Å²) in [4.78, 5) is 17.8. The van der Waals surface area contributed by atoms with Gasteiger partial charge >= 0.3 is 5.97 Å². The summed E-state index contributed by atoms with van der Waals surface area (Å²) >= 11 is 0. The van der Waals surface area contributed by atoms with E-state index in [-0.39, 0.29) is 6.54 Å². The summed E-state index contributed by atoms with van der Waals surface area (Å²) in [6.45, 7) is 0.581. The fourth-order valence-corrected chi connectivity index (χ4v) is 3.03. The molecule has 4 rings (SSSR count). The van der Waals surface area contributed by atoms with Crippen LogP contribution in [-0.2, 0) is 17.8 Å². The Hall–Kier alpha value is -3.15. The number of anilines is 2. The number of nitrogens with zero attached hydrogens (tertiary/aromatic N) is 4. The van der Waals surface area contributed by atoms with Crippen LogP contribution < -0.4 is 4.90 Å². The Morgan fingerprint density at radius 3 is 2.62 bits per heavy atom. The number of aliphatic carboxylic acids is 1. The first-order valence-corrected chi connectivity index (χ1v) is 7.80. The van der Waals surface area contributed by atoms with Gasteiger partial charge in [0.15, 0.2) is 5.82 Å². The van der Waals surface area contributed by atoms with Crippen LogP contribution in [0.2, 0.25) is 0 Å². The number of hydrogen-bond donors (Lipinski definition) is 1. The first kappa shape index (κ1) is 14.4. The van der Waals surface area contributed by atoms with Gasteiger partial charge < -0.3 is 10.0 Å². The molecule has 3 aromatic rings. The molecule has 0 aliphatic carbocycles. The molecule has 2 heterocycles. The lowest BCUT2D eigenvalue weighted by molar-refractivity contribution is -0.137. The van der Waals surface area contributed by atoms with Gasteiger partial charge in [-0.15, -0.1) is 5.10 Å². The highest BCUT2D eigenvalue weighted by Crippen LogP contribution is 2.33. The zero-order valence-electron chi connectivity index (χ0n) is 13.0. The van der Waals surface area contributed by atoms with Crippen LogP contribution in [0, 0.1) is 0 Å². The Kier molecular flexibility index (Phi) is 3.49. The van der Waals surface area contributed by atoms with Gasteiger partial charge in [0.25, 0.3) is 0 Å². The van der Waals surface area contributed by atoms with E-state index in [0.717, 1.165) is 24.2 Å². The van der Waals surface area contributed by atoms with E-state index in [1.165, 1.54) is 10.2 Å². The molecule has 1 N–H and O–H groups in total. The Balaban J connectivity index is 1.78. The topological polar surface area (TPSA) is 71.2 Å². The van der Waals surface area contributed by atoms with Crippen LogP contribution in [0.15, 0.2) is 54.6 Å². The first-order valence-electron chi connectivity index (χ1n) is 7.80. The number of carbonyl (C=O) groups is 1. The van der Waals surface area contributed by atoms with Gasteiger partial charge in [-0.3, -0.25) is 4.79 Å². The van der Waals surface area contributed by atoms with Crippen molar-refractivity contribution in [1.29, 1.82) is 0 Å². The number of hydrogen-bond acceptors (Lipinski definition) is 4. The molecule has 1 aliphatic rings. The summed E-state index contributed by atoms with van der Waals surface area (Å²) < 4.78 is 1.45. The standard InChI is InChI=1S/C18H16N4O2/c23-16(24)12-22-17(14-7-2-1-3-8-14)19-18(20-22)21-11-10-13-6-4-5-9-15(13)21/h1-9H,10-12H2,(H,23,24). The second-order valence-corrected chi connectivity index (χ2v) is 5.68. The van der Waals surface area contributed by atoms with E-state index < -0.39 is 5.97 Å². The third kappa shape index (κ3) is 2.52. The van der Waals surface area contributed by atoms with E-state index in [9.17, 15) is 4.79 Å². The minimum Gasteiger partial charge on any atom is -0.480 e. The van der Waals surface area contributed by atoms with E-state index in [0.29, 0.717) is 11.8 Å². The molecule has 0 atom stereocenters. The molecule has 0 amide bonds. The van der Waals surface area contributed by atoms with E-state index in [1.54, 1.807) is 0 Å². The quantitative estimate of drug-likeness (QED) is 0.800. The van der Waals surface area contributed by atoms with Crippen LogP contribution in [0.3, 0.4) is 0 Å². The molecule has 0 unspecified atom stereocenters. The van der Waals surface area contributed by atoms with Gasteiger partial charge in [0.05, 0.1) is 0 Å². The Labute approximate surface area is 139 Å². The van der Waals surface area contributed by atoms with Crippen LogP contribution >= 0.6 is 0 Å². The number of carboxylic acid groups (broad SMARTS) is 1. The third-order valence-electron chi connectivity index (χ3n) is 4.11. The summed E-state index contributed by atoms with van der Waals surface area (Å²) in [6.07, 6.45) is 0.935. The van der Waals surface area contributed by atoms with Crippen molar-refractivity contribution in [3.8, 4) is 11.4 Å². The monoisotopic (exact) mass is 320 g/mol. The number of carboxylic acids is 1. The lowest BCUT2D eigenvalue weighted by atomic mass is 10.2. The minimum absolute atomic E-state index is 0.216. The lowest BCUT2D eigenvalue weighted by Gasteiger charge is -2.14. The minimum atomic E-state index is -0.939. The maximum Gasteiger partial charge on any atom is 0.325 e. The Morgan fingerprint density at radius 1 is 1.08 bits per heavy atom. The highest BCUT2D eigenvalue weighted by molar-refractivity contribution is 5.70. The Bertz CT molecular complexity index is 889. The maximum absolute atomic E-state index is 11.2. The molecule has 0 fully saturated rings. The maximum atomic E-state index is 11.2. The molecule has 6 nitrogen and oxygen atoms in total. The molecule has 0 bridgehead atoms. The molecule has 0 saturated carbocycles. The second kappa shape index (κ2) is 5.81. The van der Waals surface area contributed by atoms with Crippen molar-refractivity contribution in [3.63, 3.8) is 0 Å². The number of rotatable bonds is 4. The average Bonchev–Trinajstić information content (AvgIpc) is 3.19. The van der Waals surface area contributed by atoms with Crippen molar-refractivity contribution in [2.75, 3.05) is 11.4 Å². The van der Waals surface area contributed by atoms with Crippen molar-refractivity contribution in [3.05, 3.63) is 60.2 Å². The molecule has 1 aromatic heterocycles. The van der Waals surface area contributed by atoms with Crippen LogP contribution in [-0.4, -0.2) is 32.4 Å². The van der Waals surface area contributed by atoms with Gasteiger partial charge in [-0.2, -0.15) is 4.98 Å². The third-order valence-corrected chi connectivity index (χ3v) is 4.11. The predicted molar refractivity (Wildman–Crippen MR) is 90.2 cm³/mol. The van der Waals surface area contributed by atoms with Gasteiger partial charge in [-0.25, -0.2) is 4.68 Å². The molecule has 24 heavy (non-hydrogen) atoms. The number of para-hydroxylation sites is 1. The number of aromatic nitrogens is 3. The number of fused-ring (bicyclic) bond motifs is 1. The summed E-state index contributed by atoms with van der Waals surface area (Å²) in [6, 6.07) is 17.7. The van der Waals surface area contributed by atoms with Crippen LogP contribution in [0.1, 0.15) is 5.56 Å². The zero-order valence-corrected chi connectivity index (χ0v) is 13.0. The van der Waals surface area contributed by atoms with E-state index >= 15 is 0 Å². The van der Waals surface area contributed by atoms with Crippen molar-refractivity contribution in [2.24, 2.45) is 0 Å².